The molecule has 0 spiro atoms. The first-order valence-electron chi connectivity index (χ1n) is 10.4. The lowest BCUT2D eigenvalue weighted by atomic mass is 10.2. The van der Waals surface area contributed by atoms with E-state index in [-0.39, 0.29) is 11.5 Å². The molecule has 7 nitrogen and oxygen atoms in total. The summed E-state index contributed by atoms with van der Waals surface area (Å²) in [4.78, 5) is 12.6. The van der Waals surface area contributed by atoms with Crippen LogP contribution in [-0.2, 0) is 14.8 Å². The molecule has 0 fully saturated rings. The fraction of sp³-hybridized carbons (Fsp3) is 0.208. The predicted octanol–water partition coefficient (Wildman–Crippen LogP) is 5.18. The first kappa shape index (κ1) is 24.6. The molecule has 0 heterocycles. The third kappa shape index (κ3) is 6.47. The number of para-hydroxylation sites is 1. The van der Waals surface area contributed by atoms with Crippen molar-refractivity contribution in [1.82, 2.24) is 4.31 Å². The van der Waals surface area contributed by atoms with E-state index in [0.29, 0.717) is 41.0 Å². The molecule has 0 saturated carbocycles. The predicted molar refractivity (Wildman–Crippen MR) is 129 cm³/mol. The van der Waals surface area contributed by atoms with Gasteiger partial charge in [0.25, 0.3) is 5.91 Å². The number of hydrogen-bond donors (Lipinski definition) is 1. The average Bonchev–Trinajstić information content (AvgIpc) is 2.81. The van der Waals surface area contributed by atoms with Gasteiger partial charge in [0.05, 0.1) is 10.6 Å². The van der Waals surface area contributed by atoms with E-state index >= 15 is 0 Å². The molecule has 0 bridgehead atoms. The number of hydrogen-bond acceptors (Lipinski definition) is 5. The van der Waals surface area contributed by atoms with Gasteiger partial charge < -0.3 is 14.8 Å². The van der Waals surface area contributed by atoms with E-state index < -0.39 is 15.9 Å². The molecule has 0 aromatic heterocycles. The minimum atomic E-state index is -3.55. The van der Waals surface area contributed by atoms with E-state index in [1.807, 2.05) is 18.2 Å². The van der Waals surface area contributed by atoms with Gasteiger partial charge in [-0.15, -0.1) is 0 Å². The number of benzene rings is 3. The largest absolute Gasteiger partial charge is 0.484 e. The smallest absolute Gasteiger partial charge is 0.262 e. The summed E-state index contributed by atoms with van der Waals surface area (Å²) < 4.78 is 37.8. The molecule has 0 aliphatic rings. The van der Waals surface area contributed by atoms with Crippen molar-refractivity contribution in [1.29, 1.82) is 0 Å². The molecular weight excluding hydrogens is 464 g/mol. The molecule has 33 heavy (non-hydrogen) atoms. The Morgan fingerprint density at radius 1 is 0.939 bits per heavy atom. The molecule has 0 aliphatic carbocycles. The van der Waals surface area contributed by atoms with Gasteiger partial charge in [0.2, 0.25) is 10.0 Å². The van der Waals surface area contributed by atoms with Crippen molar-refractivity contribution in [3.8, 4) is 17.2 Å². The van der Waals surface area contributed by atoms with E-state index in [1.54, 1.807) is 44.2 Å². The number of rotatable bonds is 10. The highest BCUT2D eigenvalue weighted by molar-refractivity contribution is 7.89. The molecule has 0 radical (unpaired) electrons. The van der Waals surface area contributed by atoms with E-state index in [4.69, 9.17) is 21.1 Å². The summed E-state index contributed by atoms with van der Waals surface area (Å²) in [6.45, 7) is 4.06. The minimum absolute atomic E-state index is 0.171. The molecule has 1 amide bonds. The lowest BCUT2D eigenvalue weighted by Crippen LogP contribution is -2.30. The molecule has 9 heteroatoms. The Kier molecular flexibility index (Phi) is 8.32. The van der Waals surface area contributed by atoms with Crippen LogP contribution in [0.3, 0.4) is 0 Å². The summed E-state index contributed by atoms with van der Waals surface area (Å²) in [5.41, 5.74) is 0.403. The zero-order chi connectivity index (χ0) is 23.8. The van der Waals surface area contributed by atoms with Crippen LogP contribution < -0.4 is 14.8 Å². The Balaban J connectivity index is 1.63. The number of nitrogens with one attached hydrogen (secondary N) is 1. The Hall–Kier alpha value is -3.07. The number of anilines is 1. The van der Waals surface area contributed by atoms with Gasteiger partial charge in [0.15, 0.2) is 12.4 Å². The zero-order valence-electron chi connectivity index (χ0n) is 18.3. The fourth-order valence-corrected chi connectivity index (χ4v) is 4.69. The van der Waals surface area contributed by atoms with Gasteiger partial charge in [0, 0.05) is 18.1 Å². The molecule has 3 aromatic carbocycles. The molecule has 0 atom stereocenters. The molecule has 3 rings (SSSR count). The number of amides is 1. The standard InChI is InChI=1S/C24H25ClN2O5S/c1-3-27(4-2)33(29,30)21-13-11-19(12-14-21)31-17-24(28)26-22-16-18(25)10-15-23(22)32-20-8-6-5-7-9-20/h5-16H,3-4,17H2,1-2H3,(H,26,28). The van der Waals surface area contributed by atoms with E-state index in [2.05, 4.69) is 5.32 Å². The maximum Gasteiger partial charge on any atom is 0.262 e. The molecule has 3 aromatic rings. The molecule has 0 saturated heterocycles. The number of nitrogens with zero attached hydrogens (tertiary/aromatic N) is 1. The van der Waals surface area contributed by atoms with Gasteiger partial charge in [-0.2, -0.15) is 4.31 Å². The number of ether oxygens (including phenoxy) is 2. The Labute approximate surface area is 198 Å². The van der Waals surface area contributed by atoms with Gasteiger partial charge in [-0.1, -0.05) is 43.6 Å². The first-order chi connectivity index (χ1) is 15.8. The van der Waals surface area contributed by atoms with Gasteiger partial charge in [-0.25, -0.2) is 8.42 Å². The fourth-order valence-electron chi connectivity index (χ4n) is 3.06. The Bertz CT molecular complexity index is 1180. The van der Waals surface area contributed by atoms with Crippen LogP contribution in [0.4, 0.5) is 5.69 Å². The van der Waals surface area contributed by atoms with Crippen molar-refractivity contribution in [3.05, 3.63) is 77.8 Å². The highest BCUT2D eigenvalue weighted by Crippen LogP contribution is 2.32. The van der Waals surface area contributed by atoms with Crippen molar-refractivity contribution >= 4 is 33.2 Å². The van der Waals surface area contributed by atoms with Crippen LogP contribution >= 0.6 is 11.6 Å². The van der Waals surface area contributed by atoms with Crippen LogP contribution in [-0.4, -0.2) is 38.3 Å². The lowest BCUT2D eigenvalue weighted by molar-refractivity contribution is -0.118. The van der Waals surface area contributed by atoms with Crippen LogP contribution in [0.25, 0.3) is 0 Å². The third-order valence-electron chi connectivity index (χ3n) is 4.72. The van der Waals surface area contributed by atoms with E-state index in [0.717, 1.165) is 0 Å². The third-order valence-corrected chi connectivity index (χ3v) is 7.02. The van der Waals surface area contributed by atoms with Crippen LogP contribution in [0.1, 0.15) is 13.8 Å². The second-order valence-electron chi connectivity index (χ2n) is 6.95. The number of carbonyl (C=O) groups excluding carboxylic acids is 1. The van der Waals surface area contributed by atoms with Crippen LogP contribution in [0.15, 0.2) is 77.7 Å². The maximum atomic E-state index is 12.6. The van der Waals surface area contributed by atoms with Crippen molar-refractivity contribution in [2.45, 2.75) is 18.7 Å². The number of sulfonamides is 1. The summed E-state index contributed by atoms with van der Waals surface area (Å²) in [5, 5.41) is 3.17. The Morgan fingerprint density at radius 2 is 1.61 bits per heavy atom. The van der Waals surface area contributed by atoms with Crippen LogP contribution in [0.5, 0.6) is 17.2 Å². The van der Waals surface area contributed by atoms with Crippen molar-refractivity contribution in [2.24, 2.45) is 0 Å². The van der Waals surface area contributed by atoms with Gasteiger partial charge in [-0.05, 0) is 54.6 Å². The zero-order valence-corrected chi connectivity index (χ0v) is 19.9. The summed E-state index contributed by atoms with van der Waals surface area (Å²) in [6, 6.07) is 20.0. The molecular formula is C24H25ClN2O5S. The highest BCUT2D eigenvalue weighted by atomic mass is 35.5. The maximum absolute atomic E-state index is 12.6. The molecule has 1 N–H and O–H groups in total. The Morgan fingerprint density at radius 3 is 2.24 bits per heavy atom. The number of carbonyl (C=O) groups is 1. The highest BCUT2D eigenvalue weighted by Gasteiger charge is 2.21. The molecule has 0 unspecified atom stereocenters. The second kappa shape index (κ2) is 11.2. The van der Waals surface area contributed by atoms with Crippen molar-refractivity contribution in [3.63, 3.8) is 0 Å². The van der Waals surface area contributed by atoms with Gasteiger partial charge in [0.1, 0.15) is 11.5 Å². The minimum Gasteiger partial charge on any atom is -0.484 e. The lowest BCUT2D eigenvalue weighted by Gasteiger charge is -2.18. The SMILES string of the molecule is CCN(CC)S(=O)(=O)c1ccc(OCC(=O)Nc2cc(Cl)ccc2Oc2ccccc2)cc1. The van der Waals surface area contributed by atoms with Gasteiger partial charge in [-0.3, -0.25) is 4.79 Å². The monoisotopic (exact) mass is 488 g/mol. The number of halogens is 1. The molecule has 0 aliphatic heterocycles. The van der Waals surface area contributed by atoms with Crippen LogP contribution in [0, 0.1) is 0 Å². The van der Waals surface area contributed by atoms with E-state index in [1.165, 1.54) is 28.6 Å². The summed E-state index contributed by atoms with van der Waals surface area (Å²) in [6.07, 6.45) is 0. The average molecular weight is 489 g/mol. The van der Waals surface area contributed by atoms with Gasteiger partial charge >= 0.3 is 0 Å². The second-order valence-corrected chi connectivity index (χ2v) is 9.33. The first-order valence-corrected chi connectivity index (χ1v) is 12.2. The van der Waals surface area contributed by atoms with Crippen molar-refractivity contribution in [2.75, 3.05) is 25.0 Å². The quantitative estimate of drug-likeness (QED) is 0.425. The summed E-state index contributed by atoms with van der Waals surface area (Å²) in [7, 11) is -3.55. The molecule has 174 valence electrons. The topological polar surface area (TPSA) is 84.9 Å². The van der Waals surface area contributed by atoms with Crippen molar-refractivity contribution < 1.29 is 22.7 Å². The summed E-state index contributed by atoms with van der Waals surface area (Å²) in [5.74, 6) is 1.00. The summed E-state index contributed by atoms with van der Waals surface area (Å²) >= 11 is 6.08. The normalized spacial score (nSPS) is 11.3. The van der Waals surface area contributed by atoms with Crippen LogP contribution in [0.2, 0.25) is 5.02 Å². The van der Waals surface area contributed by atoms with E-state index in [9.17, 15) is 13.2 Å².